The van der Waals surface area contributed by atoms with Crippen molar-refractivity contribution in [2.24, 2.45) is 11.7 Å². The first-order chi connectivity index (χ1) is 9.99. The molecule has 0 heterocycles. The van der Waals surface area contributed by atoms with Crippen LogP contribution in [0.15, 0.2) is 24.3 Å². The van der Waals surface area contributed by atoms with Gasteiger partial charge < -0.3 is 11.1 Å². The molecule has 0 bridgehead atoms. The molecule has 3 atom stereocenters. The number of rotatable bonds is 4. The van der Waals surface area contributed by atoms with Gasteiger partial charge in [-0.15, -0.1) is 0 Å². The highest BCUT2D eigenvalue weighted by molar-refractivity contribution is 5.79. The number of nitrogens with one attached hydrogen (secondary N) is 1. The standard InChI is InChI=1S/C18H28N2O/c1-12(2)14-8-10-15(11-9-14)13(3)20-18(21)16-6-4-5-7-17(16)19/h8-13,16-17H,4-7,19H2,1-3H3,(H,20,21). The molecule has 0 saturated heterocycles. The predicted molar refractivity (Wildman–Crippen MR) is 87.0 cm³/mol. The van der Waals surface area contributed by atoms with E-state index < -0.39 is 0 Å². The molecule has 3 heteroatoms. The molecule has 2 rings (SSSR count). The van der Waals surface area contributed by atoms with Gasteiger partial charge >= 0.3 is 0 Å². The summed E-state index contributed by atoms with van der Waals surface area (Å²) in [6.07, 6.45) is 4.15. The number of carbonyl (C=O) groups excluding carboxylic acids is 1. The Kier molecular flexibility index (Phi) is 5.40. The van der Waals surface area contributed by atoms with Crippen LogP contribution in [0, 0.1) is 5.92 Å². The minimum Gasteiger partial charge on any atom is -0.349 e. The van der Waals surface area contributed by atoms with Gasteiger partial charge in [-0.25, -0.2) is 0 Å². The molecule has 0 aromatic heterocycles. The van der Waals surface area contributed by atoms with Crippen LogP contribution in [0.4, 0.5) is 0 Å². The Morgan fingerprint density at radius 2 is 1.67 bits per heavy atom. The lowest BCUT2D eigenvalue weighted by atomic mass is 9.84. The topological polar surface area (TPSA) is 55.1 Å². The zero-order valence-electron chi connectivity index (χ0n) is 13.4. The van der Waals surface area contributed by atoms with Crippen molar-refractivity contribution in [1.29, 1.82) is 0 Å². The number of hydrogen-bond donors (Lipinski definition) is 2. The first-order valence-corrected chi connectivity index (χ1v) is 8.15. The molecule has 1 aromatic carbocycles. The predicted octanol–water partition coefficient (Wildman–Crippen LogP) is 3.50. The number of hydrogen-bond acceptors (Lipinski definition) is 2. The van der Waals surface area contributed by atoms with Crippen LogP contribution in [-0.2, 0) is 4.79 Å². The van der Waals surface area contributed by atoms with E-state index in [-0.39, 0.29) is 23.9 Å². The quantitative estimate of drug-likeness (QED) is 0.891. The van der Waals surface area contributed by atoms with E-state index in [9.17, 15) is 4.79 Å². The second-order valence-corrected chi connectivity index (χ2v) is 6.61. The van der Waals surface area contributed by atoms with Gasteiger partial charge in [0.15, 0.2) is 0 Å². The Balaban J connectivity index is 1.96. The zero-order valence-corrected chi connectivity index (χ0v) is 13.4. The molecular weight excluding hydrogens is 260 g/mol. The first-order valence-electron chi connectivity index (χ1n) is 8.15. The van der Waals surface area contributed by atoms with Crippen molar-refractivity contribution in [3.8, 4) is 0 Å². The van der Waals surface area contributed by atoms with Crippen LogP contribution < -0.4 is 11.1 Å². The Morgan fingerprint density at radius 3 is 2.24 bits per heavy atom. The van der Waals surface area contributed by atoms with Gasteiger partial charge in [-0.2, -0.15) is 0 Å². The van der Waals surface area contributed by atoms with Crippen LogP contribution in [0.25, 0.3) is 0 Å². The van der Waals surface area contributed by atoms with Gasteiger partial charge in [-0.05, 0) is 36.8 Å². The van der Waals surface area contributed by atoms with Crippen molar-refractivity contribution in [3.63, 3.8) is 0 Å². The van der Waals surface area contributed by atoms with Gasteiger partial charge in [0.2, 0.25) is 5.91 Å². The third-order valence-electron chi connectivity index (χ3n) is 4.62. The maximum absolute atomic E-state index is 12.4. The summed E-state index contributed by atoms with van der Waals surface area (Å²) in [5.41, 5.74) is 8.56. The third kappa shape index (κ3) is 4.07. The molecule has 1 aromatic rings. The fourth-order valence-corrected chi connectivity index (χ4v) is 3.06. The fraction of sp³-hybridized carbons (Fsp3) is 0.611. The lowest BCUT2D eigenvalue weighted by Crippen LogP contribution is -2.44. The maximum Gasteiger partial charge on any atom is 0.225 e. The molecular formula is C18H28N2O. The van der Waals surface area contributed by atoms with Crippen LogP contribution in [0.3, 0.4) is 0 Å². The van der Waals surface area contributed by atoms with Gasteiger partial charge in [0.25, 0.3) is 0 Å². The third-order valence-corrected chi connectivity index (χ3v) is 4.62. The van der Waals surface area contributed by atoms with Crippen LogP contribution in [0.1, 0.15) is 69.5 Å². The molecule has 1 aliphatic rings. The van der Waals surface area contributed by atoms with E-state index in [0.717, 1.165) is 31.2 Å². The van der Waals surface area contributed by atoms with Gasteiger partial charge in [0.1, 0.15) is 0 Å². The molecule has 3 nitrogen and oxygen atoms in total. The van der Waals surface area contributed by atoms with Crippen LogP contribution in [-0.4, -0.2) is 11.9 Å². The van der Waals surface area contributed by atoms with Gasteiger partial charge in [-0.1, -0.05) is 51.0 Å². The second kappa shape index (κ2) is 7.08. The van der Waals surface area contributed by atoms with Crippen molar-refractivity contribution in [3.05, 3.63) is 35.4 Å². The van der Waals surface area contributed by atoms with E-state index in [2.05, 4.69) is 43.4 Å². The molecule has 1 aliphatic carbocycles. The van der Waals surface area contributed by atoms with E-state index in [1.54, 1.807) is 0 Å². The molecule has 0 spiro atoms. The highest BCUT2D eigenvalue weighted by Crippen LogP contribution is 2.24. The first kappa shape index (κ1) is 16.0. The van der Waals surface area contributed by atoms with Crippen LogP contribution in [0.2, 0.25) is 0 Å². The van der Waals surface area contributed by atoms with E-state index in [1.807, 2.05) is 6.92 Å². The van der Waals surface area contributed by atoms with Crippen molar-refractivity contribution in [2.45, 2.75) is 64.5 Å². The zero-order chi connectivity index (χ0) is 15.4. The molecule has 21 heavy (non-hydrogen) atoms. The molecule has 0 radical (unpaired) electrons. The normalized spacial score (nSPS) is 23.9. The Bertz CT molecular complexity index is 467. The molecule has 116 valence electrons. The van der Waals surface area contributed by atoms with Gasteiger partial charge in [-0.3, -0.25) is 4.79 Å². The summed E-state index contributed by atoms with van der Waals surface area (Å²) in [4.78, 5) is 12.4. The van der Waals surface area contributed by atoms with Crippen molar-refractivity contribution in [2.75, 3.05) is 0 Å². The van der Waals surface area contributed by atoms with Crippen molar-refractivity contribution < 1.29 is 4.79 Å². The average molecular weight is 288 g/mol. The van der Waals surface area contributed by atoms with Crippen LogP contribution in [0.5, 0.6) is 0 Å². The fourth-order valence-electron chi connectivity index (χ4n) is 3.06. The van der Waals surface area contributed by atoms with E-state index in [4.69, 9.17) is 5.73 Å². The minimum absolute atomic E-state index is 0.0175. The largest absolute Gasteiger partial charge is 0.349 e. The summed E-state index contributed by atoms with van der Waals surface area (Å²) in [6, 6.07) is 8.58. The smallest absolute Gasteiger partial charge is 0.225 e. The number of amides is 1. The van der Waals surface area contributed by atoms with E-state index in [1.165, 1.54) is 5.56 Å². The SMILES string of the molecule is CC(C)c1ccc(C(C)NC(=O)C2CCCCC2N)cc1. The number of benzene rings is 1. The number of carbonyl (C=O) groups is 1. The van der Waals surface area contributed by atoms with Gasteiger partial charge in [0.05, 0.1) is 12.0 Å². The van der Waals surface area contributed by atoms with E-state index >= 15 is 0 Å². The van der Waals surface area contributed by atoms with Crippen molar-refractivity contribution in [1.82, 2.24) is 5.32 Å². The molecule has 3 N–H and O–H groups in total. The molecule has 1 fully saturated rings. The lowest BCUT2D eigenvalue weighted by Gasteiger charge is -2.28. The highest BCUT2D eigenvalue weighted by atomic mass is 16.2. The molecule has 3 unspecified atom stereocenters. The molecule has 0 aliphatic heterocycles. The summed E-state index contributed by atoms with van der Waals surface area (Å²) in [5.74, 6) is 0.628. The summed E-state index contributed by atoms with van der Waals surface area (Å²) in [7, 11) is 0. The molecule has 1 saturated carbocycles. The lowest BCUT2D eigenvalue weighted by molar-refractivity contribution is -0.127. The van der Waals surface area contributed by atoms with Crippen molar-refractivity contribution >= 4 is 5.91 Å². The summed E-state index contributed by atoms with van der Waals surface area (Å²) >= 11 is 0. The molecule has 1 amide bonds. The minimum atomic E-state index is -0.0175. The summed E-state index contributed by atoms with van der Waals surface area (Å²) in [6.45, 7) is 6.41. The summed E-state index contributed by atoms with van der Waals surface area (Å²) in [5, 5.41) is 3.13. The highest BCUT2D eigenvalue weighted by Gasteiger charge is 2.28. The van der Waals surface area contributed by atoms with E-state index in [0.29, 0.717) is 5.92 Å². The summed E-state index contributed by atoms with van der Waals surface area (Å²) < 4.78 is 0. The second-order valence-electron chi connectivity index (χ2n) is 6.61. The monoisotopic (exact) mass is 288 g/mol. The van der Waals surface area contributed by atoms with Crippen LogP contribution >= 0.6 is 0 Å². The average Bonchev–Trinajstić information content (AvgIpc) is 2.47. The Hall–Kier alpha value is -1.35. The Labute approximate surface area is 128 Å². The number of nitrogens with two attached hydrogens (primary N) is 1. The maximum atomic E-state index is 12.4. The van der Waals surface area contributed by atoms with Gasteiger partial charge in [0, 0.05) is 6.04 Å². The Morgan fingerprint density at radius 1 is 1.10 bits per heavy atom.